The van der Waals surface area contributed by atoms with Gasteiger partial charge in [-0.1, -0.05) is 43.9 Å². The van der Waals surface area contributed by atoms with Crippen LogP contribution in [0.3, 0.4) is 0 Å². The second-order valence-electron chi connectivity index (χ2n) is 9.79. The Balaban J connectivity index is 1.15. The quantitative estimate of drug-likeness (QED) is 0.246. The second-order valence-corrected chi connectivity index (χ2v) is 9.79. The predicted octanol–water partition coefficient (Wildman–Crippen LogP) is 3.55. The van der Waals surface area contributed by atoms with Crippen molar-refractivity contribution in [2.75, 3.05) is 18.5 Å². The molecule has 2 heterocycles. The Morgan fingerprint density at radius 2 is 1.72 bits per heavy atom. The van der Waals surface area contributed by atoms with E-state index in [4.69, 9.17) is 9.84 Å². The molecule has 1 fully saturated rings. The van der Waals surface area contributed by atoms with Gasteiger partial charge in [0.05, 0.1) is 24.2 Å². The first-order valence-corrected chi connectivity index (χ1v) is 13.4. The van der Waals surface area contributed by atoms with Gasteiger partial charge in [-0.15, -0.1) is 0 Å². The number of unbranched alkanes of at least 4 members (excludes halogenated alkanes) is 5. The molecule has 0 aliphatic carbocycles. The zero-order chi connectivity index (χ0) is 27.8. The molecule has 0 spiro atoms. The lowest BCUT2D eigenvalue weighted by atomic mass is 10.0. The number of carbonyl (C=O) groups is 5. The molecule has 206 valence electrons. The highest BCUT2D eigenvalue weighted by molar-refractivity contribution is 6.25. The van der Waals surface area contributed by atoms with E-state index in [1.165, 1.54) is 0 Å². The van der Waals surface area contributed by atoms with Crippen LogP contribution in [0.5, 0.6) is 5.75 Å². The first-order chi connectivity index (χ1) is 18.8. The van der Waals surface area contributed by atoms with E-state index in [2.05, 4.69) is 10.6 Å². The van der Waals surface area contributed by atoms with E-state index in [1.807, 2.05) is 6.07 Å². The number of fused-ring (bicyclic) bond motifs is 1. The van der Waals surface area contributed by atoms with Gasteiger partial charge >= 0.3 is 5.97 Å². The summed E-state index contributed by atoms with van der Waals surface area (Å²) in [6.07, 6.45) is 6.17. The Labute approximate surface area is 226 Å². The number of anilines is 1. The van der Waals surface area contributed by atoms with Crippen molar-refractivity contribution in [3.63, 3.8) is 0 Å². The number of imide groups is 2. The highest BCUT2D eigenvalue weighted by Gasteiger charge is 2.45. The van der Waals surface area contributed by atoms with Crippen molar-refractivity contribution in [3.8, 4) is 5.75 Å². The fourth-order valence-corrected chi connectivity index (χ4v) is 4.93. The molecule has 10 heteroatoms. The first kappa shape index (κ1) is 27.8. The van der Waals surface area contributed by atoms with Gasteiger partial charge in [-0.25, -0.2) is 0 Å². The summed E-state index contributed by atoms with van der Waals surface area (Å²) in [5, 5.41) is 14.4. The Bertz CT molecular complexity index is 1260. The zero-order valence-corrected chi connectivity index (χ0v) is 21.7. The van der Waals surface area contributed by atoms with Crippen molar-refractivity contribution in [2.24, 2.45) is 0 Å². The molecule has 1 unspecified atom stereocenters. The van der Waals surface area contributed by atoms with Crippen LogP contribution in [0.25, 0.3) is 0 Å². The van der Waals surface area contributed by atoms with E-state index in [0.29, 0.717) is 24.6 Å². The van der Waals surface area contributed by atoms with Crippen LogP contribution in [0.4, 0.5) is 5.69 Å². The summed E-state index contributed by atoms with van der Waals surface area (Å²) >= 11 is 0. The number of rotatable bonds is 14. The fourth-order valence-electron chi connectivity index (χ4n) is 4.93. The van der Waals surface area contributed by atoms with Crippen molar-refractivity contribution < 1.29 is 33.8 Å². The van der Waals surface area contributed by atoms with Gasteiger partial charge in [0, 0.05) is 18.7 Å². The van der Waals surface area contributed by atoms with Gasteiger partial charge in [-0.05, 0) is 49.1 Å². The smallest absolute Gasteiger partial charge is 0.307 e. The Kier molecular flexibility index (Phi) is 9.30. The maximum atomic E-state index is 13.1. The molecule has 0 aromatic heterocycles. The van der Waals surface area contributed by atoms with Crippen LogP contribution in [0.2, 0.25) is 0 Å². The number of amides is 4. The number of nitrogens with one attached hydrogen (secondary N) is 2. The number of piperidine rings is 1. The van der Waals surface area contributed by atoms with Crippen molar-refractivity contribution in [3.05, 3.63) is 59.2 Å². The highest BCUT2D eigenvalue weighted by Crippen LogP contribution is 2.32. The molecule has 0 bridgehead atoms. The highest BCUT2D eigenvalue weighted by atomic mass is 16.5. The third kappa shape index (κ3) is 7.01. The van der Waals surface area contributed by atoms with Crippen LogP contribution < -0.4 is 15.4 Å². The van der Waals surface area contributed by atoms with Crippen molar-refractivity contribution in [1.82, 2.24) is 10.2 Å². The normalized spacial score (nSPS) is 16.7. The molecule has 3 N–H and O–H groups in total. The van der Waals surface area contributed by atoms with Crippen LogP contribution in [-0.2, 0) is 20.8 Å². The van der Waals surface area contributed by atoms with Gasteiger partial charge in [0.1, 0.15) is 11.8 Å². The summed E-state index contributed by atoms with van der Waals surface area (Å²) in [4.78, 5) is 61.6. The van der Waals surface area contributed by atoms with Gasteiger partial charge in [0.25, 0.3) is 11.8 Å². The molecule has 2 aromatic rings. The molecule has 4 amide bonds. The van der Waals surface area contributed by atoms with E-state index in [0.717, 1.165) is 49.0 Å². The van der Waals surface area contributed by atoms with Gasteiger partial charge in [0.15, 0.2) is 0 Å². The second kappa shape index (κ2) is 13.0. The molecule has 10 nitrogen and oxygen atoms in total. The van der Waals surface area contributed by atoms with Gasteiger partial charge in [-0.3, -0.25) is 34.2 Å². The molecule has 0 saturated carbocycles. The first-order valence-electron chi connectivity index (χ1n) is 13.4. The summed E-state index contributed by atoms with van der Waals surface area (Å²) in [6, 6.07) is 11.2. The summed E-state index contributed by atoms with van der Waals surface area (Å²) in [6.45, 7) is 1.23. The third-order valence-corrected chi connectivity index (χ3v) is 6.88. The summed E-state index contributed by atoms with van der Waals surface area (Å²) in [7, 11) is 0. The van der Waals surface area contributed by atoms with E-state index in [9.17, 15) is 24.0 Å². The van der Waals surface area contributed by atoms with Gasteiger partial charge < -0.3 is 15.2 Å². The number of carboxylic acids is 1. The van der Waals surface area contributed by atoms with E-state index in [-0.39, 0.29) is 30.4 Å². The molecule has 0 radical (unpaired) electrons. The average Bonchev–Trinajstić information content (AvgIpc) is 3.15. The minimum absolute atomic E-state index is 0.0198. The molecular weight excluding hydrogens is 502 g/mol. The largest absolute Gasteiger partial charge is 0.494 e. The SMILES string of the molecule is O=C(O)Cc1cccc(OCCCCCCCCNc2cccc3c2C(=O)N(C2CCC(=O)NC2=O)C3=O)c1. The molecule has 2 aromatic carbocycles. The zero-order valence-electron chi connectivity index (χ0n) is 21.7. The fraction of sp³-hybridized carbons (Fsp3) is 0.414. The summed E-state index contributed by atoms with van der Waals surface area (Å²) in [5.74, 6) is -2.22. The molecule has 2 aliphatic rings. The minimum atomic E-state index is -0.976. The number of benzene rings is 2. The molecular formula is C29H33N3O7. The number of nitrogens with zero attached hydrogens (tertiary/aromatic N) is 1. The van der Waals surface area contributed by atoms with Crippen molar-refractivity contribution in [1.29, 1.82) is 0 Å². The molecule has 1 atom stereocenters. The van der Waals surface area contributed by atoms with Gasteiger partial charge in [0.2, 0.25) is 11.8 Å². The lowest BCUT2D eigenvalue weighted by Crippen LogP contribution is -2.54. The Morgan fingerprint density at radius 1 is 0.974 bits per heavy atom. The monoisotopic (exact) mass is 535 g/mol. The number of ether oxygens (including phenoxy) is 1. The number of carbonyl (C=O) groups excluding carboxylic acids is 4. The topological polar surface area (TPSA) is 142 Å². The molecule has 39 heavy (non-hydrogen) atoms. The Morgan fingerprint density at radius 3 is 2.49 bits per heavy atom. The average molecular weight is 536 g/mol. The van der Waals surface area contributed by atoms with Crippen LogP contribution in [-0.4, -0.2) is 58.8 Å². The molecule has 1 saturated heterocycles. The number of hydrogen-bond acceptors (Lipinski definition) is 7. The lowest BCUT2D eigenvalue weighted by molar-refractivity contribution is -0.137. The minimum Gasteiger partial charge on any atom is -0.494 e. The van der Waals surface area contributed by atoms with E-state index in [1.54, 1.807) is 36.4 Å². The summed E-state index contributed by atoms with van der Waals surface area (Å²) < 4.78 is 5.74. The number of carboxylic acid groups (broad SMARTS) is 1. The predicted molar refractivity (Wildman–Crippen MR) is 143 cm³/mol. The Hall–Kier alpha value is -4.21. The summed E-state index contributed by atoms with van der Waals surface area (Å²) in [5.41, 5.74) is 1.84. The lowest BCUT2D eigenvalue weighted by Gasteiger charge is -2.27. The van der Waals surface area contributed by atoms with Crippen LogP contribution in [0, 0.1) is 0 Å². The standard InChI is InChI=1S/C29H33N3O7/c33-24-14-13-23(27(36)31-24)32-28(37)21-11-8-12-22(26(21)29(32)38)30-15-5-3-1-2-4-6-16-39-20-10-7-9-19(17-20)18-25(34)35/h7-12,17,23,30H,1-6,13-16,18H2,(H,34,35)(H,31,33,36). The maximum Gasteiger partial charge on any atom is 0.307 e. The van der Waals surface area contributed by atoms with Gasteiger partial charge in [-0.2, -0.15) is 0 Å². The van der Waals surface area contributed by atoms with Crippen LogP contribution in [0.1, 0.15) is 77.6 Å². The number of hydrogen-bond donors (Lipinski definition) is 3. The molecule has 4 rings (SSSR count). The van der Waals surface area contributed by atoms with E-state index >= 15 is 0 Å². The molecule has 2 aliphatic heterocycles. The van der Waals surface area contributed by atoms with Crippen molar-refractivity contribution >= 4 is 35.3 Å². The maximum absolute atomic E-state index is 13.1. The van der Waals surface area contributed by atoms with Crippen molar-refractivity contribution in [2.45, 2.75) is 63.8 Å². The van der Waals surface area contributed by atoms with E-state index < -0.39 is 35.6 Å². The van der Waals surface area contributed by atoms with Crippen LogP contribution >= 0.6 is 0 Å². The number of aliphatic carboxylic acids is 1. The third-order valence-electron chi connectivity index (χ3n) is 6.88. The van der Waals surface area contributed by atoms with Crippen LogP contribution in [0.15, 0.2) is 42.5 Å².